The summed E-state index contributed by atoms with van der Waals surface area (Å²) in [6.07, 6.45) is 0. The second-order valence-corrected chi connectivity index (χ2v) is 9.49. The van der Waals surface area contributed by atoms with Crippen molar-refractivity contribution in [3.05, 3.63) is 94.8 Å². The van der Waals surface area contributed by atoms with E-state index in [2.05, 4.69) is 65.8 Å². The number of carbonyl (C=O) groups excluding carboxylic acids is 1. The molecule has 0 saturated heterocycles. The molecule has 1 heterocycles. The fraction of sp³-hybridized carbons (Fsp3) is 0.250. The molecule has 0 aliphatic heterocycles. The highest BCUT2D eigenvalue weighted by atomic mass is 32.2. The summed E-state index contributed by atoms with van der Waals surface area (Å²) in [6, 6.07) is 21.3. The molecule has 0 aliphatic carbocycles. The van der Waals surface area contributed by atoms with Gasteiger partial charge in [-0.15, -0.1) is 10.2 Å². The number of hydrogen-bond acceptors (Lipinski definition) is 6. The van der Waals surface area contributed by atoms with E-state index < -0.39 is 6.04 Å². The van der Waals surface area contributed by atoms with Crippen molar-refractivity contribution in [2.24, 2.45) is 0 Å². The lowest BCUT2D eigenvalue weighted by molar-refractivity contribution is 0.0935. The number of amides is 1. The van der Waals surface area contributed by atoms with Crippen LogP contribution in [0.1, 0.15) is 45.8 Å². The van der Waals surface area contributed by atoms with Crippen LogP contribution < -0.4 is 14.8 Å². The van der Waals surface area contributed by atoms with Crippen molar-refractivity contribution in [1.82, 2.24) is 20.1 Å². The summed E-state index contributed by atoms with van der Waals surface area (Å²) in [4.78, 5) is 13.2. The Bertz CT molecular complexity index is 1350. The summed E-state index contributed by atoms with van der Waals surface area (Å²) in [5, 5.41) is 12.8. The standard InChI is InChI=1S/C28H30N4O3S/c1-18-9-11-22(12-10-18)32-26(30-31-28(32)36-17-21-8-6-7-19(2)15-21)20(3)29-27(33)24-14-13-23(34-4)16-25(24)35-5/h6-16,20H,17H2,1-5H3,(H,29,33). The quantitative estimate of drug-likeness (QED) is 0.297. The minimum atomic E-state index is -0.411. The first-order valence-corrected chi connectivity index (χ1v) is 12.6. The van der Waals surface area contributed by atoms with E-state index in [1.807, 2.05) is 23.6 Å². The van der Waals surface area contributed by atoms with E-state index in [9.17, 15) is 4.79 Å². The van der Waals surface area contributed by atoms with Gasteiger partial charge >= 0.3 is 0 Å². The van der Waals surface area contributed by atoms with Gasteiger partial charge in [-0.2, -0.15) is 0 Å². The van der Waals surface area contributed by atoms with Crippen molar-refractivity contribution < 1.29 is 14.3 Å². The number of nitrogens with zero attached hydrogens (tertiary/aromatic N) is 3. The first-order chi connectivity index (χ1) is 17.4. The number of nitrogens with one attached hydrogen (secondary N) is 1. The van der Waals surface area contributed by atoms with Crippen LogP contribution in [0.5, 0.6) is 11.5 Å². The van der Waals surface area contributed by atoms with Gasteiger partial charge in [0.05, 0.1) is 25.8 Å². The molecular weight excluding hydrogens is 472 g/mol. The van der Waals surface area contributed by atoms with Crippen LogP contribution in [0.15, 0.2) is 71.9 Å². The monoisotopic (exact) mass is 502 g/mol. The molecule has 1 unspecified atom stereocenters. The van der Waals surface area contributed by atoms with E-state index in [1.54, 1.807) is 37.1 Å². The molecule has 1 atom stereocenters. The van der Waals surface area contributed by atoms with E-state index in [0.717, 1.165) is 22.2 Å². The molecule has 4 aromatic rings. The lowest BCUT2D eigenvalue weighted by atomic mass is 10.1. The van der Waals surface area contributed by atoms with Crippen molar-refractivity contribution in [2.75, 3.05) is 14.2 Å². The average Bonchev–Trinajstić information content (AvgIpc) is 3.31. The first-order valence-electron chi connectivity index (χ1n) is 11.6. The highest BCUT2D eigenvalue weighted by Gasteiger charge is 2.23. The molecular formula is C28H30N4O3S. The van der Waals surface area contributed by atoms with Crippen LogP contribution in [0.3, 0.4) is 0 Å². The fourth-order valence-corrected chi connectivity index (χ4v) is 4.77. The van der Waals surface area contributed by atoms with Gasteiger partial charge in [-0.3, -0.25) is 9.36 Å². The SMILES string of the molecule is COc1ccc(C(=O)NC(C)c2nnc(SCc3cccc(C)c3)n2-c2ccc(C)cc2)c(OC)c1. The summed E-state index contributed by atoms with van der Waals surface area (Å²) in [6.45, 7) is 6.04. The van der Waals surface area contributed by atoms with Gasteiger partial charge < -0.3 is 14.8 Å². The van der Waals surface area contributed by atoms with Gasteiger partial charge in [-0.1, -0.05) is 59.3 Å². The minimum absolute atomic E-state index is 0.269. The predicted molar refractivity (Wildman–Crippen MR) is 142 cm³/mol. The maximum atomic E-state index is 13.2. The molecule has 3 aromatic carbocycles. The van der Waals surface area contributed by atoms with Gasteiger partial charge in [-0.25, -0.2) is 0 Å². The molecule has 0 aliphatic rings. The van der Waals surface area contributed by atoms with Crippen molar-refractivity contribution in [3.8, 4) is 17.2 Å². The van der Waals surface area contributed by atoms with E-state index in [4.69, 9.17) is 9.47 Å². The normalized spacial score (nSPS) is 11.7. The second-order valence-electron chi connectivity index (χ2n) is 8.55. The van der Waals surface area contributed by atoms with Crippen LogP contribution in [0, 0.1) is 13.8 Å². The highest BCUT2D eigenvalue weighted by molar-refractivity contribution is 7.98. The fourth-order valence-electron chi connectivity index (χ4n) is 3.87. The van der Waals surface area contributed by atoms with Crippen molar-refractivity contribution in [1.29, 1.82) is 0 Å². The molecule has 0 bridgehead atoms. The number of ether oxygens (including phenoxy) is 2. The number of rotatable bonds is 9. The Morgan fingerprint density at radius 2 is 1.75 bits per heavy atom. The van der Waals surface area contributed by atoms with Gasteiger partial charge in [0, 0.05) is 17.5 Å². The summed E-state index contributed by atoms with van der Waals surface area (Å²) in [5.74, 6) is 2.19. The van der Waals surface area contributed by atoms with E-state index in [-0.39, 0.29) is 5.91 Å². The van der Waals surface area contributed by atoms with Crippen LogP contribution in [0.4, 0.5) is 0 Å². The van der Waals surface area contributed by atoms with Crippen molar-refractivity contribution in [3.63, 3.8) is 0 Å². The van der Waals surface area contributed by atoms with Crippen LogP contribution in [-0.2, 0) is 5.75 Å². The third-order valence-electron chi connectivity index (χ3n) is 5.79. The van der Waals surface area contributed by atoms with Gasteiger partial charge in [0.2, 0.25) is 0 Å². The third kappa shape index (κ3) is 5.71. The van der Waals surface area contributed by atoms with Crippen LogP contribution in [0.25, 0.3) is 5.69 Å². The Morgan fingerprint density at radius 1 is 0.972 bits per heavy atom. The maximum Gasteiger partial charge on any atom is 0.255 e. The summed E-state index contributed by atoms with van der Waals surface area (Å²) in [5.41, 5.74) is 4.96. The molecule has 0 fully saturated rings. The van der Waals surface area contributed by atoms with Crippen LogP contribution in [0.2, 0.25) is 0 Å². The number of methoxy groups -OCH3 is 2. The molecule has 4 rings (SSSR count). The van der Waals surface area contributed by atoms with E-state index in [1.165, 1.54) is 18.2 Å². The Hall–Kier alpha value is -3.78. The van der Waals surface area contributed by atoms with E-state index >= 15 is 0 Å². The van der Waals surface area contributed by atoms with Gasteiger partial charge in [0.1, 0.15) is 11.5 Å². The Balaban J connectivity index is 1.62. The van der Waals surface area contributed by atoms with E-state index in [0.29, 0.717) is 22.9 Å². The summed E-state index contributed by atoms with van der Waals surface area (Å²) < 4.78 is 12.7. The van der Waals surface area contributed by atoms with Gasteiger partial charge in [0.15, 0.2) is 11.0 Å². The van der Waals surface area contributed by atoms with Gasteiger partial charge in [-0.05, 0) is 50.6 Å². The Kier molecular flexibility index (Phi) is 7.95. The maximum absolute atomic E-state index is 13.2. The molecule has 1 amide bonds. The third-order valence-corrected chi connectivity index (χ3v) is 6.79. The minimum Gasteiger partial charge on any atom is -0.497 e. The highest BCUT2D eigenvalue weighted by Crippen LogP contribution is 2.29. The molecule has 1 N–H and O–H groups in total. The molecule has 8 heteroatoms. The topological polar surface area (TPSA) is 78.3 Å². The largest absolute Gasteiger partial charge is 0.497 e. The molecule has 0 saturated carbocycles. The average molecular weight is 503 g/mol. The van der Waals surface area contributed by atoms with Crippen molar-refractivity contribution >= 4 is 17.7 Å². The number of aryl methyl sites for hydroxylation is 2. The molecule has 186 valence electrons. The smallest absolute Gasteiger partial charge is 0.255 e. The predicted octanol–water partition coefficient (Wildman–Crippen LogP) is 5.68. The number of aromatic nitrogens is 3. The number of hydrogen-bond donors (Lipinski definition) is 1. The Morgan fingerprint density at radius 3 is 2.44 bits per heavy atom. The molecule has 0 spiro atoms. The van der Waals surface area contributed by atoms with Crippen LogP contribution >= 0.6 is 11.8 Å². The number of carbonyl (C=O) groups is 1. The second kappa shape index (κ2) is 11.3. The molecule has 7 nitrogen and oxygen atoms in total. The molecule has 0 radical (unpaired) electrons. The zero-order valence-corrected chi connectivity index (χ0v) is 21.9. The van der Waals surface area contributed by atoms with Crippen molar-refractivity contribution in [2.45, 2.75) is 37.7 Å². The zero-order valence-electron chi connectivity index (χ0n) is 21.1. The zero-order chi connectivity index (χ0) is 25.7. The molecule has 36 heavy (non-hydrogen) atoms. The van der Waals surface area contributed by atoms with Crippen LogP contribution in [-0.4, -0.2) is 34.9 Å². The Labute approximate surface area is 215 Å². The molecule has 1 aromatic heterocycles. The summed E-state index contributed by atoms with van der Waals surface area (Å²) in [7, 11) is 3.10. The number of benzene rings is 3. The summed E-state index contributed by atoms with van der Waals surface area (Å²) >= 11 is 1.61. The number of thioether (sulfide) groups is 1. The van der Waals surface area contributed by atoms with Gasteiger partial charge in [0.25, 0.3) is 5.91 Å². The first kappa shape index (κ1) is 25.3. The lowest BCUT2D eigenvalue weighted by Gasteiger charge is -2.17. The lowest BCUT2D eigenvalue weighted by Crippen LogP contribution is -2.29.